The average Bonchev–Trinajstić information content (AvgIpc) is 3.64. The van der Waals surface area contributed by atoms with Gasteiger partial charge in [-0.05, 0) is 48.6 Å². The van der Waals surface area contributed by atoms with Crippen LogP contribution in [0.2, 0.25) is 0 Å². The van der Waals surface area contributed by atoms with E-state index in [9.17, 15) is 14.4 Å². The number of anilines is 2. The van der Waals surface area contributed by atoms with Crippen molar-refractivity contribution < 1.29 is 28.3 Å². The van der Waals surface area contributed by atoms with Gasteiger partial charge in [0.1, 0.15) is 22.1 Å². The number of furan rings is 1. The summed E-state index contributed by atoms with van der Waals surface area (Å²) in [4.78, 5) is 40.7. The fraction of sp³-hybridized carbons (Fsp3) is 0.333. The van der Waals surface area contributed by atoms with Crippen molar-refractivity contribution in [3.05, 3.63) is 52.9 Å². The van der Waals surface area contributed by atoms with E-state index >= 15 is 0 Å². The molecule has 11 nitrogen and oxygen atoms in total. The van der Waals surface area contributed by atoms with Crippen molar-refractivity contribution >= 4 is 40.6 Å². The molecule has 0 radical (unpaired) electrons. The highest BCUT2D eigenvalue weighted by Gasteiger charge is 2.39. The Morgan fingerprint density at radius 1 is 1.19 bits per heavy atom. The summed E-state index contributed by atoms with van der Waals surface area (Å²) in [6.07, 6.45) is 5.14. The SMILES string of the molecule is COc1ccc(N(C(=O)c2snc(C(N)=O)c2N)[C@@H](C(=O)NC2CCCC2)c2ccco2)c(OC)c1. The minimum atomic E-state index is -1.21. The Kier molecular flexibility index (Phi) is 7.44. The van der Waals surface area contributed by atoms with Gasteiger partial charge in [0.2, 0.25) is 0 Å². The standard InChI is InChI=1S/C24H27N5O6S/c1-33-14-9-10-15(17(12-14)34-2)29(24(32)21-18(25)19(22(26)30)28-36-21)20(16-8-5-11-35-16)23(31)27-13-6-3-4-7-13/h5,8-13,20H,3-4,6-7,25H2,1-2H3,(H2,26,30)(H,27,31)/t20-/m1/s1. The highest BCUT2D eigenvalue weighted by Crippen LogP contribution is 2.40. The molecule has 1 fully saturated rings. The number of hydrogen-bond donors (Lipinski definition) is 3. The number of nitrogen functional groups attached to an aromatic ring is 1. The van der Waals surface area contributed by atoms with Gasteiger partial charge in [0.25, 0.3) is 17.7 Å². The van der Waals surface area contributed by atoms with E-state index in [-0.39, 0.29) is 39.5 Å². The number of carbonyl (C=O) groups is 3. The number of nitrogens with two attached hydrogens (primary N) is 2. The molecule has 1 aliphatic carbocycles. The topological polar surface area (TPSA) is 163 Å². The molecule has 0 bridgehead atoms. The normalized spacial score (nSPS) is 14.3. The van der Waals surface area contributed by atoms with Crippen molar-refractivity contribution in [1.29, 1.82) is 0 Å². The first-order valence-corrected chi connectivity index (χ1v) is 12.1. The summed E-state index contributed by atoms with van der Waals surface area (Å²) in [7, 11) is 2.94. The molecule has 1 aromatic carbocycles. The van der Waals surface area contributed by atoms with E-state index in [0.717, 1.165) is 37.2 Å². The third kappa shape index (κ3) is 4.85. The zero-order chi connectivity index (χ0) is 25.8. The first-order valence-electron chi connectivity index (χ1n) is 11.3. The fourth-order valence-corrected chi connectivity index (χ4v) is 5.00. The molecule has 12 heteroatoms. The molecule has 2 aromatic heterocycles. The summed E-state index contributed by atoms with van der Waals surface area (Å²) in [5.74, 6) is -0.981. The van der Waals surface area contributed by atoms with E-state index < -0.39 is 23.8 Å². The lowest BCUT2D eigenvalue weighted by Gasteiger charge is -2.31. The number of hydrogen-bond acceptors (Lipinski definition) is 9. The maximum Gasteiger partial charge on any atom is 0.273 e. The van der Waals surface area contributed by atoms with E-state index in [1.165, 1.54) is 25.4 Å². The molecule has 3 aromatic rings. The molecule has 5 N–H and O–H groups in total. The second-order valence-corrected chi connectivity index (χ2v) is 9.03. The van der Waals surface area contributed by atoms with Crippen LogP contribution in [0.15, 0.2) is 41.0 Å². The van der Waals surface area contributed by atoms with Gasteiger partial charge in [-0.2, -0.15) is 4.37 Å². The minimum Gasteiger partial charge on any atom is -0.497 e. The molecule has 36 heavy (non-hydrogen) atoms. The summed E-state index contributed by atoms with van der Waals surface area (Å²) < 4.78 is 20.4. The molecule has 190 valence electrons. The van der Waals surface area contributed by atoms with Crippen molar-refractivity contribution in [1.82, 2.24) is 9.69 Å². The van der Waals surface area contributed by atoms with Crippen LogP contribution in [0.1, 0.15) is 57.6 Å². The van der Waals surface area contributed by atoms with Crippen molar-refractivity contribution in [3.8, 4) is 11.5 Å². The van der Waals surface area contributed by atoms with Crippen LogP contribution in [0.3, 0.4) is 0 Å². The molecule has 0 unspecified atom stereocenters. The van der Waals surface area contributed by atoms with Gasteiger partial charge >= 0.3 is 0 Å². The van der Waals surface area contributed by atoms with Gasteiger partial charge in [-0.3, -0.25) is 19.3 Å². The maximum absolute atomic E-state index is 14.1. The van der Waals surface area contributed by atoms with Crippen LogP contribution in [0.5, 0.6) is 11.5 Å². The number of rotatable bonds is 9. The Labute approximate surface area is 211 Å². The molecule has 0 spiro atoms. The monoisotopic (exact) mass is 513 g/mol. The second-order valence-electron chi connectivity index (χ2n) is 8.26. The minimum absolute atomic E-state index is 0.0142. The number of carbonyl (C=O) groups excluding carboxylic acids is 3. The predicted octanol–water partition coefficient (Wildman–Crippen LogP) is 2.88. The van der Waals surface area contributed by atoms with E-state index in [1.807, 2.05) is 0 Å². The lowest BCUT2D eigenvalue weighted by molar-refractivity contribution is -0.123. The molecule has 0 saturated heterocycles. The van der Waals surface area contributed by atoms with E-state index in [1.54, 1.807) is 30.3 Å². The van der Waals surface area contributed by atoms with Gasteiger partial charge in [0.15, 0.2) is 11.7 Å². The van der Waals surface area contributed by atoms with Crippen molar-refractivity contribution in [2.45, 2.75) is 37.8 Å². The third-order valence-corrected chi connectivity index (χ3v) is 6.89. The first kappa shape index (κ1) is 25.0. The van der Waals surface area contributed by atoms with Crippen LogP contribution in [0, 0.1) is 0 Å². The van der Waals surface area contributed by atoms with Crippen molar-refractivity contribution in [3.63, 3.8) is 0 Å². The van der Waals surface area contributed by atoms with E-state index in [4.69, 9.17) is 25.4 Å². The molecule has 1 saturated carbocycles. The van der Waals surface area contributed by atoms with Crippen molar-refractivity contribution in [2.24, 2.45) is 5.73 Å². The Morgan fingerprint density at radius 3 is 2.53 bits per heavy atom. The molecule has 3 amide bonds. The summed E-state index contributed by atoms with van der Waals surface area (Å²) >= 11 is 0.721. The van der Waals surface area contributed by atoms with Crippen LogP contribution in [-0.4, -0.2) is 42.4 Å². The Bertz CT molecular complexity index is 1250. The molecule has 4 rings (SSSR count). The van der Waals surface area contributed by atoms with Crippen LogP contribution in [-0.2, 0) is 4.79 Å². The van der Waals surface area contributed by atoms with Gasteiger partial charge in [-0.25, -0.2) is 0 Å². The molecule has 1 aliphatic rings. The summed E-state index contributed by atoms with van der Waals surface area (Å²) in [5, 5.41) is 3.05. The van der Waals surface area contributed by atoms with Gasteiger partial charge in [0, 0.05) is 12.1 Å². The summed E-state index contributed by atoms with van der Waals surface area (Å²) in [5.41, 5.74) is 11.3. The molecular weight excluding hydrogens is 486 g/mol. The number of benzene rings is 1. The smallest absolute Gasteiger partial charge is 0.273 e. The van der Waals surface area contributed by atoms with Crippen molar-refractivity contribution in [2.75, 3.05) is 24.9 Å². The van der Waals surface area contributed by atoms with Crippen LogP contribution >= 0.6 is 11.5 Å². The molecule has 1 atom stereocenters. The largest absolute Gasteiger partial charge is 0.497 e. The van der Waals surface area contributed by atoms with Gasteiger partial charge in [-0.1, -0.05) is 12.8 Å². The zero-order valence-electron chi connectivity index (χ0n) is 19.9. The lowest BCUT2D eigenvalue weighted by atomic mass is 10.1. The van der Waals surface area contributed by atoms with E-state index in [0.29, 0.717) is 5.75 Å². The number of aromatic nitrogens is 1. The van der Waals surface area contributed by atoms with Gasteiger partial charge < -0.3 is 30.7 Å². The highest BCUT2D eigenvalue weighted by atomic mass is 32.1. The quantitative estimate of drug-likeness (QED) is 0.393. The summed E-state index contributed by atoms with van der Waals surface area (Å²) in [6.45, 7) is 0. The van der Waals surface area contributed by atoms with Crippen LogP contribution < -0.4 is 31.2 Å². The lowest BCUT2D eigenvalue weighted by Crippen LogP contribution is -2.46. The zero-order valence-corrected chi connectivity index (χ0v) is 20.7. The van der Waals surface area contributed by atoms with Gasteiger partial charge in [0.05, 0.1) is 31.9 Å². The number of primary amides is 1. The Morgan fingerprint density at radius 2 is 1.94 bits per heavy atom. The number of amides is 3. The number of ether oxygens (including phenoxy) is 2. The predicted molar refractivity (Wildman–Crippen MR) is 133 cm³/mol. The molecular formula is C24H27N5O6S. The third-order valence-electron chi connectivity index (χ3n) is 6.04. The molecule has 2 heterocycles. The second kappa shape index (κ2) is 10.7. The maximum atomic E-state index is 14.1. The molecule has 0 aliphatic heterocycles. The van der Waals surface area contributed by atoms with Crippen LogP contribution in [0.4, 0.5) is 11.4 Å². The van der Waals surface area contributed by atoms with Crippen LogP contribution in [0.25, 0.3) is 0 Å². The Balaban J connectivity index is 1.87. The fourth-order valence-electron chi connectivity index (χ4n) is 4.26. The highest BCUT2D eigenvalue weighted by molar-refractivity contribution is 7.09. The Hall–Kier alpha value is -4.06. The number of methoxy groups -OCH3 is 2. The average molecular weight is 514 g/mol. The van der Waals surface area contributed by atoms with E-state index in [2.05, 4.69) is 9.69 Å². The van der Waals surface area contributed by atoms with Gasteiger partial charge in [-0.15, -0.1) is 0 Å². The summed E-state index contributed by atoms with van der Waals surface area (Å²) in [6, 6.07) is 6.84. The number of nitrogens with one attached hydrogen (secondary N) is 1. The number of nitrogens with zero attached hydrogens (tertiary/aromatic N) is 2. The first-order chi connectivity index (χ1) is 17.3.